The number of benzene rings is 1. The first-order chi connectivity index (χ1) is 12.9. The average Bonchev–Trinajstić information content (AvgIpc) is 2.65. The normalized spacial score (nSPS) is 11.0. The summed E-state index contributed by atoms with van der Waals surface area (Å²) in [6.07, 6.45) is 1.42. The number of hydrogen-bond donors (Lipinski definition) is 0. The molecule has 0 atom stereocenters. The maximum absolute atomic E-state index is 14.6. The molecule has 0 aliphatic heterocycles. The van der Waals surface area contributed by atoms with Gasteiger partial charge >= 0.3 is 5.97 Å². The van der Waals surface area contributed by atoms with Crippen molar-refractivity contribution in [3.05, 3.63) is 63.7 Å². The van der Waals surface area contributed by atoms with Crippen molar-refractivity contribution in [2.75, 3.05) is 6.61 Å². The quantitative estimate of drug-likeness (QED) is 0.615. The highest BCUT2D eigenvalue weighted by molar-refractivity contribution is 7.99. The molecular formula is C20H19FN2O3S. The minimum Gasteiger partial charge on any atom is -0.462 e. The minimum absolute atomic E-state index is 0.0631. The van der Waals surface area contributed by atoms with Gasteiger partial charge in [0.2, 0.25) is 5.43 Å². The molecule has 0 aliphatic rings. The fourth-order valence-corrected chi connectivity index (χ4v) is 3.44. The Morgan fingerprint density at radius 2 is 1.96 bits per heavy atom. The van der Waals surface area contributed by atoms with Crippen molar-refractivity contribution in [1.82, 2.24) is 9.55 Å². The van der Waals surface area contributed by atoms with E-state index in [1.165, 1.54) is 18.0 Å². The van der Waals surface area contributed by atoms with E-state index in [-0.39, 0.29) is 22.6 Å². The molecule has 0 N–H and O–H groups in total. The lowest BCUT2D eigenvalue weighted by atomic mass is 10.2. The van der Waals surface area contributed by atoms with Crippen LogP contribution in [-0.2, 0) is 11.3 Å². The Hall–Kier alpha value is -2.67. The zero-order chi connectivity index (χ0) is 19.6. The van der Waals surface area contributed by atoms with E-state index in [2.05, 4.69) is 4.98 Å². The van der Waals surface area contributed by atoms with E-state index in [1.807, 2.05) is 38.1 Å². The van der Waals surface area contributed by atoms with E-state index in [4.69, 9.17) is 4.74 Å². The van der Waals surface area contributed by atoms with Crippen LogP contribution in [0.25, 0.3) is 11.0 Å². The first-order valence-corrected chi connectivity index (χ1v) is 9.41. The lowest BCUT2D eigenvalue weighted by molar-refractivity contribution is 0.0524. The second-order valence-electron chi connectivity index (χ2n) is 5.94. The van der Waals surface area contributed by atoms with Gasteiger partial charge in [0.25, 0.3) is 0 Å². The number of nitrogens with zero attached hydrogens (tertiary/aromatic N) is 2. The number of esters is 1. The van der Waals surface area contributed by atoms with Crippen LogP contribution in [0.5, 0.6) is 0 Å². The Morgan fingerprint density at radius 3 is 2.59 bits per heavy atom. The van der Waals surface area contributed by atoms with Gasteiger partial charge in [-0.15, -0.1) is 0 Å². The molecule has 2 aromatic heterocycles. The highest BCUT2D eigenvalue weighted by Crippen LogP contribution is 2.30. The van der Waals surface area contributed by atoms with Crippen molar-refractivity contribution < 1.29 is 13.9 Å². The van der Waals surface area contributed by atoms with Gasteiger partial charge in [-0.05, 0) is 39.0 Å². The molecule has 3 aromatic rings. The number of carbonyl (C=O) groups excluding carboxylic acids is 1. The van der Waals surface area contributed by atoms with Gasteiger partial charge in [-0.1, -0.05) is 29.5 Å². The number of pyridine rings is 2. The average molecular weight is 386 g/mol. The van der Waals surface area contributed by atoms with Gasteiger partial charge in [-0.25, -0.2) is 14.2 Å². The van der Waals surface area contributed by atoms with E-state index in [1.54, 1.807) is 11.5 Å². The van der Waals surface area contributed by atoms with Gasteiger partial charge in [-0.2, -0.15) is 0 Å². The number of rotatable bonds is 5. The van der Waals surface area contributed by atoms with Crippen molar-refractivity contribution in [2.45, 2.75) is 37.2 Å². The number of aromatic nitrogens is 2. The van der Waals surface area contributed by atoms with Crippen molar-refractivity contribution in [3.63, 3.8) is 0 Å². The van der Waals surface area contributed by atoms with E-state index in [0.717, 1.165) is 16.5 Å². The van der Waals surface area contributed by atoms with Gasteiger partial charge < -0.3 is 9.30 Å². The van der Waals surface area contributed by atoms with E-state index in [0.29, 0.717) is 12.2 Å². The molecule has 3 rings (SSSR count). The van der Waals surface area contributed by atoms with Crippen LogP contribution in [0, 0.1) is 12.7 Å². The van der Waals surface area contributed by atoms with Crippen molar-refractivity contribution in [1.29, 1.82) is 0 Å². The summed E-state index contributed by atoms with van der Waals surface area (Å²) in [5.74, 6) is -1.32. The Labute approximate surface area is 160 Å². The van der Waals surface area contributed by atoms with Crippen LogP contribution >= 0.6 is 11.8 Å². The summed E-state index contributed by atoms with van der Waals surface area (Å²) in [6, 6.07) is 8.81. The smallest absolute Gasteiger partial charge is 0.343 e. The van der Waals surface area contributed by atoms with Crippen LogP contribution in [-0.4, -0.2) is 22.1 Å². The molecule has 5 nitrogen and oxygen atoms in total. The standard InChI is InChI=1S/C20H19FN2O3S/c1-4-23-11-15(20(25)26-5-2)17(24)14-10-16(21)19(22-18(14)23)27-13-8-6-12(3)7-9-13/h6-11H,4-5H2,1-3H3. The van der Waals surface area contributed by atoms with Gasteiger partial charge in [0.15, 0.2) is 5.82 Å². The second-order valence-corrected chi connectivity index (χ2v) is 7.00. The number of aryl methyl sites for hydroxylation is 2. The number of halogens is 1. The van der Waals surface area contributed by atoms with Crippen molar-refractivity contribution in [2.24, 2.45) is 0 Å². The molecule has 0 amide bonds. The molecule has 1 aromatic carbocycles. The topological polar surface area (TPSA) is 61.2 Å². The van der Waals surface area contributed by atoms with Crippen LogP contribution in [0.2, 0.25) is 0 Å². The maximum atomic E-state index is 14.6. The lowest BCUT2D eigenvalue weighted by Gasteiger charge is -2.12. The molecule has 27 heavy (non-hydrogen) atoms. The van der Waals surface area contributed by atoms with E-state index >= 15 is 0 Å². The number of hydrogen-bond acceptors (Lipinski definition) is 5. The monoisotopic (exact) mass is 386 g/mol. The van der Waals surface area contributed by atoms with Gasteiger partial charge in [-0.3, -0.25) is 4.79 Å². The molecule has 0 unspecified atom stereocenters. The van der Waals surface area contributed by atoms with Crippen molar-refractivity contribution >= 4 is 28.8 Å². The Balaban J connectivity index is 2.13. The fraction of sp³-hybridized carbons (Fsp3) is 0.250. The van der Waals surface area contributed by atoms with Crippen LogP contribution in [0.15, 0.2) is 51.2 Å². The largest absolute Gasteiger partial charge is 0.462 e. The minimum atomic E-state index is -0.717. The first kappa shape index (κ1) is 19.1. The van der Waals surface area contributed by atoms with Crippen molar-refractivity contribution in [3.8, 4) is 0 Å². The van der Waals surface area contributed by atoms with Crippen LogP contribution < -0.4 is 5.43 Å². The molecule has 0 saturated carbocycles. The molecule has 2 heterocycles. The van der Waals surface area contributed by atoms with Gasteiger partial charge in [0.05, 0.1) is 12.0 Å². The third-order valence-corrected chi connectivity index (χ3v) is 5.03. The van der Waals surface area contributed by atoms with E-state index < -0.39 is 17.2 Å². The fourth-order valence-electron chi connectivity index (χ4n) is 2.65. The predicted octanol–water partition coefficient (Wildman–Crippen LogP) is 4.19. The number of ether oxygens (including phenoxy) is 1. The third-order valence-electron chi connectivity index (χ3n) is 4.04. The second kappa shape index (κ2) is 7.92. The number of fused-ring (bicyclic) bond motifs is 1. The zero-order valence-corrected chi connectivity index (χ0v) is 16.1. The highest BCUT2D eigenvalue weighted by atomic mass is 32.2. The molecule has 0 radical (unpaired) electrons. The third kappa shape index (κ3) is 3.88. The number of carbonyl (C=O) groups is 1. The summed E-state index contributed by atoms with van der Waals surface area (Å²) in [6.45, 7) is 6.12. The van der Waals surface area contributed by atoms with Gasteiger partial charge in [0, 0.05) is 17.6 Å². The molecule has 0 bridgehead atoms. The molecule has 140 valence electrons. The Morgan fingerprint density at radius 1 is 1.26 bits per heavy atom. The summed E-state index contributed by atoms with van der Waals surface area (Å²) in [7, 11) is 0. The molecule has 0 aliphatic carbocycles. The summed E-state index contributed by atoms with van der Waals surface area (Å²) in [4.78, 5) is 29.9. The zero-order valence-electron chi connectivity index (χ0n) is 15.3. The van der Waals surface area contributed by atoms with Crippen LogP contribution in [0.3, 0.4) is 0 Å². The summed E-state index contributed by atoms with van der Waals surface area (Å²) >= 11 is 1.19. The molecular weight excluding hydrogens is 367 g/mol. The SMILES string of the molecule is CCOC(=O)c1cn(CC)c2nc(Sc3ccc(C)cc3)c(F)cc2c1=O. The van der Waals surface area contributed by atoms with Crippen LogP contribution in [0.4, 0.5) is 4.39 Å². The lowest BCUT2D eigenvalue weighted by Crippen LogP contribution is -2.21. The molecule has 0 fully saturated rings. The summed E-state index contributed by atoms with van der Waals surface area (Å²) in [5, 5.41) is 0.241. The first-order valence-electron chi connectivity index (χ1n) is 8.60. The predicted molar refractivity (Wildman–Crippen MR) is 103 cm³/mol. The van der Waals surface area contributed by atoms with Crippen LogP contribution in [0.1, 0.15) is 29.8 Å². The molecule has 0 saturated heterocycles. The molecule has 7 heteroatoms. The Kier molecular flexibility index (Phi) is 5.60. The summed E-state index contributed by atoms with van der Waals surface area (Å²) in [5.41, 5.74) is 0.752. The molecule has 0 spiro atoms. The highest BCUT2D eigenvalue weighted by Gasteiger charge is 2.19. The Bertz CT molecular complexity index is 1060. The summed E-state index contributed by atoms with van der Waals surface area (Å²) < 4.78 is 21.2. The maximum Gasteiger partial charge on any atom is 0.343 e. The van der Waals surface area contributed by atoms with E-state index in [9.17, 15) is 14.0 Å². The van der Waals surface area contributed by atoms with Gasteiger partial charge in [0.1, 0.15) is 16.2 Å².